The van der Waals surface area contributed by atoms with Crippen molar-refractivity contribution in [3.8, 4) is 16.9 Å². The molecule has 1 aromatic carbocycles. The molecule has 0 aliphatic rings. The van der Waals surface area contributed by atoms with Gasteiger partial charge in [0.25, 0.3) is 0 Å². The van der Waals surface area contributed by atoms with Crippen molar-refractivity contribution < 1.29 is 0 Å². The Morgan fingerprint density at radius 2 is 1.84 bits per heavy atom. The van der Waals surface area contributed by atoms with Gasteiger partial charge in [-0.1, -0.05) is 30.3 Å². The molecular weight excluding hydrogens is 238 g/mol. The maximum absolute atomic E-state index is 4.40. The highest BCUT2D eigenvalue weighted by Crippen LogP contribution is 2.19. The predicted molar refractivity (Wildman–Crippen MR) is 74.1 cm³/mol. The summed E-state index contributed by atoms with van der Waals surface area (Å²) >= 11 is 0. The molecule has 1 N–H and O–H groups in total. The third-order valence-electron chi connectivity index (χ3n) is 2.80. The van der Waals surface area contributed by atoms with E-state index in [2.05, 4.69) is 32.5 Å². The van der Waals surface area contributed by atoms with Crippen LogP contribution in [0, 0.1) is 0 Å². The Balaban J connectivity index is 1.97. The second-order valence-electron chi connectivity index (χ2n) is 4.05. The summed E-state index contributed by atoms with van der Waals surface area (Å²) in [4.78, 5) is 8.52. The van der Waals surface area contributed by atoms with Crippen molar-refractivity contribution in [2.24, 2.45) is 0 Å². The molecule has 0 bridgehead atoms. The van der Waals surface area contributed by atoms with Gasteiger partial charge in [-0.25, -0.2) is 9.67 Å². The lowest BCUT2D eigenvalue weighted by molar-refractivity contribution is 0.839. The second kappa shape index (κ2) is 4.89. The molecular formula is C14H13N5. The Kier molecular flexibility index (Phi) is 2.94. The van der Waals surface area contributed by atoms with Crippen LogP contribution in [-0.4, -0.2) is 26.8 Å². The van der Waals surface area contributed by atoms with Gasteiger partial charge in [-0.3, -0.25) is 4.98 Å². The average Bonchev–Trinajstić information content (AvgIpc) is 2.98. The molecule has 5 heteroatoms. The van der Waals surface area contributed by atoms with Gasteiger partial charge < -0.3 is 5.32 Å². The van der Waals surface area contributed by atoms with Crippen LogP contribution >= 0.6 is 0 Å². The zero-order valence-electron chi connectivity index (χ0n) is 10.5. The first kappa shape index (κ1) is 11.4. The molecule has 0 radical (unpaired) electrons. The van der Waals surface area contributed by atoms with Gasteiger partial charge in [0.2, 0.25) is 0 Å². The smallest absolute Gasteiger partial charge is 0.173 e. The molecule has 0 spiro atoms. The van der Waals surface area contributed by atoms with E-state index in [0.717, 1.165) is 11.1 Å². The minimum absolute atomic E-state index is 0.689. The summed E-state index contributed by atoms with van der Waals surface area (Å²) in [7, 11) is 1.81. The fraction of sp³-hybridized carbons (Fsp3) is 0.0714. The maximum atomic E-state index is 4.40. The van der Waals surface area contributed by atoms with E-state index in [9.17, 15) is 0 Å². The Bertz CT molecular complexity index is 675. The highest BCUT2D eigenvalue weighted by atomic mass is 15.3. The fourth-order valence-electron chi connectivity index (χ4n) is 1.81. The van der Waals surface area contributed by atoms with E-state index >= 15 is 0 Å². The summed E-state index contributed by atoms with van der Waals surface area (Å²) in [6.07, 6.45) is 7.12. The summed E-state index contributed by atoms with van der Waals surface area (Å²) in [6.45, 7) is 0. The maximum Gasteiger partial charge on any atom is 0.173 e. The van der Waals surface area contributed by atoms with Crippen LogP contribution in [-0.2, 0) is 0 Å². The molecule has 0 atom stereocenters. The predicted octanol–water partition coefficient (Wildman–Crippen LogP) is 2.37. The molecule has 19 heavy (non-hydrogen) atoms. The highest BCUT2D eigenvalue weighted by Gasteiger charge is 2.04. The molecule has 0 unspecified atom stereocenters. The second-order valence-corrected chi connectivity index (χ2v) is 4.05. The van der Waals surface area contributed by atoms with Gasteiger partial charge in [-0.05, 0) is 5.56 Å². The van der Waals surface area contributed by atoms with Crippen LogP contribution < -0.4 is 5.32 Å². The minimum atomic E-state index is 0.689. The Labute approximate surface area is 111 Å². The van der Waals surface area contributed by atoms with E-state index in [0.29, 0.717) is 11.6 Å². The molecule has 0 amide bonds. The van der Waals surface area contributed by atoms with Gasteiger partial charge in [0.15, 0.2) is 5.82 Å². The first-order valence-corrected chi connectivity index (χ1v) is 5.97. The van der Waals surface area contributed by atoms with E-state index < -0.39 is 0 Å². The van der Waals surface area contributed by atoms with Gasteiger partial charge >= 0.3 is 0 Å². The number of hydrogen-bond acceptors (Lipinski definition) is 4. The molecule has 0 fully saturated rings. The van der Waals surface area contributed by atoms with Gasteiger partial charge in [-0.2, -0.15) is 5.10 Å². The number of nitrogens with one attached hydrogen (secondary N) is 1. The molecule has 94 valence electrons. The molecule has 0 saturated heterocycles. The monoisotopic (exact) mass is 251 g/mol. The van der Waals surface area contributed by atoms with Crippen molar-refractivity contribution in [2.75, 3.05) is 12.4 Å². The summed E-state index contributed by atoms with van der Waals surface area (Å²) in [5.74, 6) is 1.41. The average molecular weight is 251 g/mol. The lowest BCUT2D eigenvalue weighted by Gasteiger charge is -2.02. The van der Waals surface area contributed by atoms with E-state index in [1.165, 1.54) is 0 Å². The summed E-state index contributed by atoms with van der Waals surface area (Å²) < 4.78 is 1.72. The summed E-state index contributed by atoms with van der Waals surface area (Å²) in [5.41, 5.74) is 2.18. The zero-order valence-corrected chi connectivity index (χ0v) is 10.5. The van der Waals surface area contributed by atoms with Crippen LogP contribution in [0.25, 0.3) is 16.9 Å². The third kappa shape index (κ3) is 2.30. The normalized spacial score (nSPS) is 10.4. The lowest BCUT2D eigenvalue weighted by atomic mass is 10.1. The summed E-state index contributed by atoms with van der Waals surface area (Å²) in [6, 6.07) is 10.1. The van der Waals surface area contributed by atoms with Crippen LogP contribution in [0.3, 0.4) is 0 Å². The van der Waals surface area contributed by atoms with Crippen LogP contribution in [0.5, 0.6) is 0 Å². The minimum Gasteiger partial charge on any atom is -0.372 e. The summed E-state index contributed by atoms with van der Waals surface area (Å²) in [5, 5.41) is 7.29. The standard InChI is InChI=1S/C14H13N5/c1-15-13-8-16-9-14(18-13)19-10-12(7-17-19)11-5-3-2-4-6-11/h2-10H,1H3,(H,15,18). The number of rotatable bonds is 3. The Morgan fingerprint density at radius 3 is 2.63 bits per heavy atom. The first-order chi connectivity index (χ1) is 9.36. The third-order valence-corrected chi connectivity index (χ3v) is 2.80. The van der Waals surface area contributed by atoms with Crippen molar-refractivity contribution in [3.63, 3.8) is 0 Å². The van der Waals surface area contributed by atoms with E-state index in [1.54, 1.807) is 17.1 Å². The molecule has 3 rings (SSSR count). The van der Waals surface area contributed by atoms with Gasteiger partial charge in [0.05, 0.1) is 18.6 Å². The Morgan fingerprint density at radius 1 is 1.00 bits per heavy atom. The number of nitrogens with zero attached hydrogens (tertiary/aromatic N) is 4. The van der Waals surface area contributed by atoms with Gasteiger partial charge in [0.1, 0.15) is 5.82 Å². The largest absolute Gasteiger partial charge is 0.372 e. The lowest BCUT2D eigenvalue weighted by Crippen LogP contribution is -2.01. The molecule has 2 heterocycles. The molecule has 3 aromatic rings. The van der Waals surface area contributed by atoms with E-state index in [4.69, 9.17) is 0 Å². The van der Waals surface area contributed by atoms with Gasteiger partial charge in [-0.15, -0.1) is 0 Å². The van der Waals surface area contributed by atoms with E-state index in [-0.39, 0.29) is 0 Å². The zero-order chi connectivity index (χ0) is 13.1. The quantitative estimate of drug-likeness (QED) is 0.776. The number of aromatic nitrogens is 4. The van der Waals surface area contributed by atoms with Crippen molar-refractivity contribution in [1.29, 1.82) is 0 Å². The molecule has 0 saturated carbocycles. The first-order valence-electron chi connectivity index (χ1n) is 5.97. The SMILES string of the molecule is CNc1cncc(-n2cc(-c3ccccc3)cn2)n1. The molecule has 2 aromatic heterocycles. The Hall–Kier alpha value is -2.69. The number of anilines is 1. The van der Waals surface area contributed by atoms with Crippen molar-refractivity contribution in [1.82, 2.24) is 19.7 Å². The molecule has 0 aliphatic carbocycles. The highest BCUT2D eigenvalue weighted by molar-refractivity contribution is 5.61. The molecule has 0 aliphatic heterocycles. The van der Waals surface area contributed by atoms with Gasteiger partial charge in [0, 0.05) is 18.8 Å². The number of hydrogen-bond donors (Lipinski definition) is 1. The molecule has 5 nitrogen and oxygen atoms in total. The van der Waals surface area contributed by atoms with E-state index in [1.807, 2.05) is 37.6 Å². The van der Waals surface area contributed by atoms with Crippen LogP contribution in [0.1, 0.15) is 0 Å². The fourth-order valence-corrected chi connectivity index (χ4v) is 1.81. The van der Waals surface area contributed by atoms with Crippen LogP contribution in [0.15, 0.2) is 55.1 Å². The van der Waals surface area contributed by atoms with Crippen molar-refractivity contribution in [3.05, 3.63) is 55.1 Å². The number of benzene rings is 1. The van der Waals surface area contributed by atoms with Crippen molar-refractivity contribution in [2.45, 2.75) is 0 Å². The van der Waals surface area contributed by atoms with Crippen molar-refractivity contribution >= 4 is 5.82 Å². The topological polar surface area (TPSA) is 55.6 Å². The van der Waals surface area contributed by atoms with Crippen LogP contribution in [0.4, 0.5) is 5.82 Å². The van der Waals surface area contributed by atoms with Crippen LogP contribution in [0.2, 0.25) is 0 Å².